The highest BCUT2D eigenvalue weighted by atomic mass is 32.1. The summed E-state index contributed by atoms with van der Waals surface area (Å²) in [4.78, 5) is 22.2. The Kier molecular flexibility index (Phi) is 4.80. The Bertz CT molecular complexity index is 507. The van der Waals surface area contributed by atoms with E-state index in [0.717, 1.165) is 37.5 Å². The molecule has 122 valence electrons. The van der Waals surface area contributed by atoms with Crippen molar-refractivity contribution in [1.82, 2.24) is 14.8 Å². The number of rotatable bonds is 4. The SMILES string of the molecule is CC[C@H](C)N1CCOC[C@@]2(CC(=O)N(Cc3cncs3)C2)C1. The Morgan fingerprint density at radius 3 is 3.09 bits per heavy atom. The number of hydrogen-bond donors (Lipinski definition) is 0. The van der Waals surface area contributed by atoms with Crippen molar-refractivity contribution in [1.29, 1.82) is 0 Å². The molecule has 2 saturated heterocycles. The number of carbonyl (C=O) groups is 1. The van der Waals surface area contributed by atoms with Gasteiger partial charge in [0.1, 0.15) is 0 Å². The lowest BCUT2D eigenvalue weighted by molar-refractivity contribution is -0.128. The fourth-order valence-corrected chi connectivity index (χ4v) is 4.11. The molecular formula is C16H25N3O2S. The highest BCUT2D eigenvalue weighted by molar-refractivity contribution is 7.09. The second-order valence-corrected chi connectivity index (χ2v) is 7.65. The second-order valence-electron chi connectivity index (χ2n) is 6.67. The maximum atomic E-state index is 12.5. The Balaban J connectivity index is 1.71. The molecule has 5 nitrogen and oxygen atoms in total. The van der Waals surface area contributed by atoms with Gasteiger partial charge >= 0.3 is 0 Å². The van der Waals surface area contributed by atoms with Gasteiger partial charge in [0.2, 0.25) is 5.91 Å². The Morgan fingerprint density at radius 2 is 2.36 bits per heavy atom. The molecule has 6 heteroatoms. The zero-order chi connectivity index (χ0) is 15.6. The van der Waals surface area contributed by atoms with Crippen LogP contribution in [0.15, 0.2) is 11.7 Å². The third-order valence-electron chi connectivity index (χ3n) is 4.92. The van der Waals surface area contributed by atoms with E-state index in [1.54, 1.807) is 11.3 Å². The molecule has 1 spiro atoms. The summed E-state index contributed by atoms with van der Waals surface area (Å²) >= 11 is 1.61. The quantitative estimate of drug-likeness (QED) is 0.850. The van der Waals surface area contributed by atoms with E-state index in [2.05, 4.69) is 23.7 Å². The largest absolute Gasteiger partial charge is 0.379 e. The number of aromatic nitrogens is 1. The fourth-order valence-electron chi connectivity index (χ4n) is 3.50. The summed E-state index contributed by atoms with van der Waals surface area (Å²) in [5.41, 5.74) is 1.78. The number of carbonyl (C=O) groups excluding carboxylic acids is 1. The molecule has 0 N–H and O–H groups in total. The van der Waals surface area contributed by atoms with E-state index in [0.29, 0.717) is 25.6 Å². The number of thiazole rings is 1. The predicted octanol–water partition coefficient (Wildman–Crippen LogP) is 1.99. The van der Waals surface area contributed by atoms with Crippen LogP contribution in [-0.2, 0) is 16.1 Å². The highest BCUT2D eigenvalue weighted by Crippen LogP contribution is 2.36. The van der Waals surface area contributed by atoms with Gasteiger partial charge in [-0.05, 0) is 13.3 Å². The molecule has 3 rings (SSSR count). The number of amides is 1. The molecule has 0 aliphatic carbocycles. The van der Waals surface area contributed by atoms with Crippen LogP contribution in [0.4, 0.5) is 0 Å². The standard InChI is InChI=1S/C16H25N3O2S/c1-3-13(2)18-4-5-21-11-16(9-18)6-15(20)19(10-16)8-14-7-17-12-22-14/h7,12-13H,3-6,8-11H2,1-2H3/t13-,16-/m0/s1. The Morgan fingerprint density at radius 1 is 1.50 bits per heavy atom. The van der Waals surface area contributed by atoms with Gasteiger partial charge in [-0.25, -0.2) is 0 Å². The van der Waals surface area contributed by atoms with Crippen LogP contribution < -0.4 is 0 Å². The van der Waals surface area contributed by atoms with E-state index in [4.69, 9.17) is 4.74 Å². The van der Waals surface area contributed by atoms with Crippen LogP contribution in [0.2, 0.25) is 0 Å². The van der Waals surface area contributed by atoms with E-state index in [1.807, 2.05) is 16.6 Å². The summed E-state index contributed by atoms with van der Waals surface area (Å²) in [7, 11) is 0. The summed E-state index contributed by atoms with van der Waals surface area (Å²) in [6.45, 7) is 9.39. The molecular weight excluding hydrogens is 298 g/mol. The summed E-state index contributed by atoms with van der Waals surface area (Å²) in [5, 5.41) is 0. The molecule has 1 amide bonds. The van der Waals surface area contributed by atoms with Crippen molar-refractivity contribution in [3.8, 4) is 0 Å². The van der Waals surface area contributed by atoms with Gasteiger partial charge in [-0.15, -0.1) is 11.3 Å². The number of nitrogens with zero attached hydrogens (tertiary/aromatic N) is 3. The third kappa shape index (κ3) is 3.34. The van der Waals surface area contributed by atoms with Crippen molar-refractivity contribution in [3.05, 3.63) is 16.6 Å². The molecule has 2 aliphatic rings. The third-order valence-corrected chi connectivity index (χ3v) is 5.68. The van der Waals surface area contributed by atoms with Crippen molar-refractivity contribution in [2.24, 2.45) is 5.41 Å². The lowest BCUT2D eigenvalue weighted by atomic mass is 9.87. The second kappa shape index (κ2) is 6.64. The van der Waals surface area contributed by atoms with E-state index in [1.165, 1.54) is 0 Å². The van der Waals surface area contributed by atoms with Crippen molar-refractivity contribution in [2.75, 3.05) is 32.8 Å². The van der Waals surface area contributed by atoms with E-state index < -0.39 is 0 Å². The molecule has 1 aromatic heterocycles. The molecule has 2 aliphatic heterocycles. The van der Waals surface area contributed by atoms with Gasteiger partial charge in [0.25, 0.3) is 0 Å². The maximum absolute atomic E-state index is 12.5. The predicted molar refractivity (Wildman–Crippen MR) is 86.7 cm³/mol. The van der Waals surface area contributed by atoms with Crippen LogP contribution in [0.1, 0.15) is 31.6 Å². The van der Waals surface area contributed by atoms with Gasteiger partial charge in [-0.2, -0.15) is 0 Å². The molecule has 1 aromatic rings. The van der Waals surface area contributed by atoms with Gasteiger partial charge in [0.05, 0.1) is 25.3 Å². The first-order chi connectivity index (χ1) is 10.6. The fraction of sp³-hybridized carbons (Fsp3) is 0.750. The van der Waals surface area contributed by atoms with Crippen molar-refractivity contribution in [3.63, 3.8) is 0 Å². The van der Waals surface area contributed by atoms with Gasteiger partial charge in [0.15, 0.2) is 0 Å². The first-order valence-corrected chi connectivity index (χ1v) is 8.97. The van der Waals surface area contributed by atoms with Gasteiger partial charge in [-0.3, -0.25) is 14.7 Å². The Labute approximate surface area is 136 Å². The van der Waals surface area contributed by atoms with Gasteiger partial charge in [-0.1, -0.05) is 6.92 Å². The zero-order valence-electron chi connectivity index (χ0n) is 13.5. The lowest BCUT2D eigenvalue weighted by Gasteiger charge is -2.34. The average molecular weight is 323 g/mol. The minimum Gasteiger partial charge on any atom is -0.379 e. The summed E-state index contributed by atoms with van der Waals surface area (Å²) in [5.74, 6) is 0.253. The van der Waals surface area contributed by atoms with Gasteiger partial charge < -0.3 is 9.64 Å². The van der Waals surface area contributed by atoms with E-state index >= 15 is 0 Å². The maximum Gasteiger partial charge on any atom is 0.223 e. The van der Waals surface area contributed by atoms with Crippen LogP contribution in [-0.4, -0.2) is 59.6 Å². The van der Waals surface area contributed by atoms with Crippen LogP contribution in [0.25, 0.3) is 0 Å². The Hall–Kier alpha value is -0.980. The van der Waals surface area contributed by atoms with Crippen molar-refractivity contribution >= 4 is 17.2 Å². The summed E-state index contributed by atoms with van der Waals surface area (Å²) < 4.78 is 5.86. The normalized spacial score (nSPS) is 28.3. The number of ether oxygens (including phenoxy) is 1. The summed E-state index contributed by atoms with van der Waals surface area (Å²) in [6.07, 6.45) is 3.60. The first kappa shape index (κ1) is 15.9. The smallest absolute Gasteiger partial charge is 0.223 e. The molecule has 0 aromatic carbocycles. The molecule has 0 unspecified atom stereocenters. The van der Waals surface area contributed by atoms with Crippen molar-refractivity contribution in [2.45, 2.75) is 39.3 Å². The minimum atomic E-state index is -0.0400. The first-order valence-electron chi connectivity index (χ1n) is 8.09. The molecule has 2 fully saturated rings. The monoisotopic (exact) mass is 323 g/mol. The van der Waals surface area contributed by atoms with Crippen LogP contribution in [0, 0.1) is 5.41 Å². The number of likely N-dealkylation sites (tertiary alicyclic amines) is 1. The average Bonchev–Trinajstić information content (AvgIpc) is 3.05. The lowest BCUT2D eigenvalue weighted by Crippen LogP contribution is -2.44. The molecule has 2 atom stereocenters. The molecule has 0 bridgehead atoms. The summed E-state index contributed by atoms with van der Waals surface area (Å²) in [6, 6.07) is 0.546. The van der Waals surface area contributed by atoms with E-state index in [-0.39, 0.29) is 11.3 Å². The molecule has 0 saturated carbocycles. The topological polar surface area (TPSA) is 45.7 Å². The van der Waals surface area contributed by atoms with Crippen LogP contribution in [0.3, 0.4) is 0 Å². The molecule has 0 radical (unpaired) electrons. The van der Waals surface area contributed by atoms with Gasteiger partial charge in [0, 0.05) is 48.6 Å². The zero-order valence-corrected chi connectivity index (χ0v) is 14.3. The van der Waals surface area contributed by atoms with Crippen LogP contribution >= 0.6 is 11.3 Å². The van der Waals surface area contributed by atoms with Crippen LogP contribution in [0.5, 0.6) is 0 Å². The molecule has 22 heavy (non-hydrogen) atoms. The molecule has 3 heterocycles. The minimum absolute atomic E-state index is 0.0400. The van der Waals surface area contributed by atoms with E-state index in [9.17, 15) is 4.79 Å². The highest BCUT2D eigenvalue weighted by Gasteiger charge is 2.45. The number of hydrogen-bond acceptors (Lipinski definition) is 5. The van der Waals surface area contributed by atoms with Crippen molar-refractivity contribution < 1.29 is 9.53 Å².